The number of nitrogens with one attached hydrogen (secondary N) is 1. The van der Waals surface area contributed by atoms with Crippen LogP contribution in [0.5, 0.6) is 5.75 Å². The molecular weight excluding hydrogens is 304 g/mol. The van der Waals surface area contributed by atoms with Crippen molar-refractivity contribution in [3.8, 4) is 5.75 Å². The van der Waals surface area contributed by atoms with E-state index in [1.807, 2.05) is 0 Å². The Labute approximate surface area is 134 Å². The van der Waals surface area contributed by atoms with Crippen LogP contribution < -0.4 is 10.1 Å². The van der Waals surface area contributed by atoms with Gasteiger partial charge in [-0.2, -0.15) is 0 Å². The van der Waals surface area contributed by atoms with Crippen LogP contribution in [0.2, 0.25) is 5.02 Å². The van der Waals surface area contributed by atoms with Crippen molar-refractivity contribution in [3.05, 3.63) is 29.3 Å². The average molecular weight is 323 g/mol. The third-order valence-electron chi connectivity index (χ3n) is 4.33. The van der Waals surface area contributed by atoms with Gasteiger partial charge in [0.2, 0.25) is 0 Å². The molecule has 1 aromatic rings. The predicted molar refractivity (Wildman–Crippen MR) is 83.0 cm³/mol. The highest BCUT2D eigenvalue weighted by Crippen LogP contribution is 2.33. The van der Waals surface area contributed by atoms with Crippen molar-refractivity contribution in [2.45, 2.75) is 37.6 Å². The first-order valence-corrected chi connectivity index (χ1v) is 8.01. The standard InChI is InChI=1S/C16H19ClN2O3/c17-12-5-4-6-13(11-12)22-10-9-19-14(20)16(18-15(19)21)7-2-1-3-8-16/h4-6,11H,1-3,7-10H2,(H,18,21). The van der Waals surface area contributed by atoms with Crippen LogP contribution in [0, 0.1) is 0 Å². The summed E-state index contributed by atoms with van der Waals surface area (Å²) in [6.07, 6.45) is 4.58. The van der Waals surface area contributed by atoms with E-state index in [-0.39, 0.29) is 25.1 Å². The highest BCUT2D eigenvalue weighted by Gasteiger charge is 2.50. The molecule has 0 atom stereocenters. The number of nitrogens with zero attached hydrogens (tertiary/aromatic N) is 1. The lowest BCUT2D eigenvalue weighted by Gasteiger charge is -2.30. The second-order valence-electron chi connectivity index (χ2n) is 5.84. The molecular formula is C16H19ClN2O3. The maximum atomic E-state index is 12.6. The van der Waals surface area contributed by atoms with Gasteiger partial charge in [-0.15, -0.1) is 0 Å². The fraction of sp³-hybridized carbons (Fsp3) is 0.500. The Balaban J connectivity index is 1.58. The van der Waals surface area contributed by atoms with Crippen molar-refractivity contribution in [1.82, 2.24) is 10.2 Å². The van der Waals surface area contributed by atoms with Gasteiger partial charge in [0.05, 0.1) is 6.54 Å². The number of hydrogen-bond acceptors (Lipinski definition) is 3. The molecule has 3 amide bonds. The number of imide groups is 1. The van der Waals surface area contributed by atoms with Crippen LogP contribution in [0.3, 0.4) is 0 Å². The Morgan fingerprint density at radius 2 is 2.00 bits per heavy atom. The fourth-order valence-electron chi connectivity index (χ4n) is 3.19. The zero-order valence-electron chi connectivity index (χ0n) is 12.3. The maximum absolute atomic E-state index is 12.6. The molecule has 2 aliphatic rings. The Bertz CT molecular complexity index is 585. The quantitative estimate of drug-likeness (QED) is 0.867. The van der Waals surface area contributed by atoms with E-state index in [9.17, 15) is 9.59 Å². The van der Waals surface area contributed by atoms with E-state index in [1.165, 1.54) is 4.90 Å². The molecule has 2 fully saturated rings. The number of halogens is 1. The summed E-state index contributed by atoms with van der Waals surface area (Å²) in [4.78, 5) is 25.9. The molecule has 118 valence electrons. The van der Waals surface area contributed by atoms with Crippen molar-refractivity contribution in [1.29, 1.82) is 0 Å². The lowest BCUT2D eigenvalue weighted by molar-refractivity contribution is -0.132. The van der Waals surface area contributed by atoms with Crippen molar-refractivity contribution in [3.63, 3.8) is 0 Å². The van der Waals surface area contributed by atoms with Gasteiger partial charge in [-0.05, 0) is 31.0 Å². The molecule has 1 aliphatic heterocycles. The molecule has 1 saturated heterocycles. The van der Waals surface area contributed by atoms with Crippen molar-refractivity contribution in [2.75, 3.05) is 13.2 Å². The van der Waals surface area contributed by atoms with E-state index in [4.69, 9.17) is 16.3 Å². The molecule has 0 unspecified atom stereocenters. The topological polar surface area (TPSA) is 58.6 Å². The van der Waals surface area contributed by atoms with Crippen LogP contribution in [0.15, 0.2) is 24.3 Å². The summed E-state index contributed by atoms with van der Waals surface area (Å²) in [7, 11) is 0. The number of ether oxygens (including phenoxy) is 1. The lowest BCUT2D eigenvalue weighted by atomic mass is 9.82. The Kier molecular flexibility index (Phi) is 4.25. The number of rotatable bonds is 4. The van der Waals surface area contributed by atoms with Crippen molar-refractivity contribution >= 4 is 23.5 Å². The van der Waals surface area contributed by atoms with Crippen LogP contribution in [-0.2, 0) is 4.79 Å². The van der Waals surface area contributed by atoms with Crippen molar-refractivity contribution in [2.24, 2.45) is 0 Å². The molecule has 1 saturated carbocycles. The normalized spacial score (nSPS) is 20.3. The van der Waals surface area contributed by atoms with Gasteiger partial charge >= 0.3 is 6.03 Å². The van der Waals surface area contributed by atoms with Crippen LogP contribution >= 0.6 is 11.6 Å². The molecule has 1 aliphatic carbocycles. The number of amides is 3. The number of benzene rings is 1. The number of carbonyl (C=O) groups excluding carboxylic acids is 2. The van der Waals surface area contributed by atoms with E-state index in [1.54, 1.807) is 24.3 Å². The minimum atomic E-state index is -0.661. The largest absolute Gasteiger partial charge is 0.492 e. The van der Waals surface area contributed by atoms with Gasteiger partial charge in [0.1, 0.15) is 17.9 Å². The van der Waals surface area contributed by atoms with E-state index in [0.717, 1.165) is 32.1 Å². The first-order valence-electron chi connectivity index (χ1n) is 7.63. The summed E-state index contributed by atoms with van der Waals surface area (Å²) < 4.78 is 5.56. The third-order valence-corrected chi connectivity index (χ3v) is 4.57. The van der Waals surface area contributed by atoms with Gasteiger partial charge in [0.15, 0.2) is 0 Å². The lowest BCUT2D eigenvalue weighted by Crippen LogP contribution is -2.48. The van der Waals surface area contributed by atoms with Crippen LogP contribution in [0.4, 0.5) is 4.79 Å². The molecule has 6 heteroatoms. The molecule has 0 bridgehead atoms. The van der Waals surface area contributed by atoms with E-state index < -0.39 is 5.54 Å². The Hall–Kier alpha value is -1.75. The summed E-state index contributed by atoms with van der Waals surface area (Å²) >= 11 is 5.89. The number of carbonyl (C=O) groups is 2. The first kappa shape index (κ1) is 15.2. The van der Waals surface area contributed by atoms with Gasteiger partial charge in [-0.1, -0.05) is 36.9 Å². The van der Waals surface area contributed by atoms with Gasteiger partial charge in [-0.3, -0.25) is 9.69 Å². The highest BCUT2D eigenvalue weighted by atomic mass is 35.5. The molecule has 22 heavy (non-hydrogen) atoms. The molecule has 1 aromatic carbocycles. The van der Waals surface area contributed by atoms with Gasteiger partial charge in [0.25, 0.3) is 5.91 Å². The van der Waals surface area contributed by atoms with Gasteiger partial charge in [0, 0.05) is 5.02 Å². The Morgan fingerprint density at radius 3 is 2.73 bits per heavy atom. The summed E-state index contributed by atoms with van der Waals surface area (Å²) in [5.74, 6) is 0.527. The third kappa shape index (κ3) is 2.90. The van der Waals surface area contributed by atoms with Gasteiger partial charge < -0.3 is 10.1 Å². The molecule has 0 aromatic heterocycles. The molecule has 1 N–H and O–H groups in total. The monoisotopic (exact) mass is 322 g/mol. The SMILES string of the molecule is O=C1NC2(CCCCC2)C(=O)N1CCOc1cccc(Cl)c1. The first-order chi connectivity index (χ1) is 10.6. The molecule has 1 heterocycles. The van der Waals surface area contributed by atoms with Crippen molar-refractivity contribution < 1.29 is 14.3 Å². The zero-order valence-corrected chi connectivity index (χ0v) is 13.1. The summed E-state index contributed by atoms with van der Waals surface area (Å²) in [6, 6.07) is 6.75. The van der Waals surface area contributed by atoms with Crippen LogP contribution in [0.1, 0.15) is 32.1 Å². The second kappa shape index (κ2) is 6.16. The maximum Gasteiger partial charge on any atom is 0.325 e. The van der Waals surface area contributed by atoms with Gasteiger partial charge in [-0.25, -0.2) is 4.79 Å². The Morgan fingerprint density at radius 1 is 1.23 bits per heavy atom. The molecule has 1 spiro atoms. The van der Waals surface area contributed by atoms with Crippen LogP contribution in [-0.4, -0.2) is 35.5 Å². The minimum Gasteiger partial charge on any atom is -0.492 e. The number of hydrogen-bond donors (Lipinski definition) is 1. The molecule has 3 rings (SSSR count). The van der Waals surface area contributed by atoms with E-state index in [2.05, 4.69) is 5.32 Å². The predicted octanol–water partition coefficient (Wildman–Crippen LogP) is 2.97. The smallest absolute Gasteiger partial charge is 0.325 e. The fourth-order valence-corrected chi connectivity index (χ4v) is 3.37. The minimum absolute atomic E-state index is 0.105. The highest BCUT2D eigenvalue weighted by molar-refractivity contribution is 6.30. The molecule has 0 radical (unpaired) electrons. The van der Waals surface area contributed by atoms with Crippen LogP contribution in [0.25, 0.3) is 0 Å². The van der Waals surface area contributed by atoms with E-state index in [0.29, 0.717) is 10.8 Å². The zero-order chi connectivity index (χ0) is 15.6. The summed E-state index contributed by atoms with van der Waals surface area (Å²) in [6.45, 7) is 0.508. The molecule has 5 nitrogen and oxygen atoms in total. The van der Waals surface area contributed by atoms with E-state index >= 15 is 0 Å². The summed E-state index contributed by atoms with van der Waals surface area (Å²) in [5.41, 5.74) is -0.661. The number of urea groups is 1. The second-order valence-corrected chi connectivity index (χ2v) is 6.27. The average Bonchev–Trinajstić information content (AvgIpc) is 2.72. The summed E-state index contributed by atoms with van der Waals surface area (Å²) in [5, 5.41) is 3.48.